The van der Waals surface area contributed by atoms with Crippen LogP contribution in [-0.2, 0) is 22.6 Å². The first-order valence-electron chi connectivity index (χ1n) is 8.08. The van der Waals surface area contributed by atoms with Crippen molar-refractivity contribution in [2.24, 2.45) is 0 Å². The van der Waals surface area contributed by atoms with Crippen molar-refractivity contribution in [1.29, 1.82) is 0 Å². The largest absolute Gasteiger partial charge is 0.504 e. The number of ether oxygens (including phenoxy) is 2. The molecule has 6 nitrogen and oxygen atoms in total. The third-order valence-electron chi connectivity index (χ3n) is 3.86. The number of phenolic OH excluding ortho intramolecular Hbond substituents is 1. The molecule has 0 saturated carbocycles. The summed E-state index contributed by atoms with van der Waals surface area (Å²) in [5.41, 5.74) is 1.45. The van der Waals surface area contributed by atoms with Crippen molar-refractivity contribution < 1.29 is 23.8 Å². The Bertz CT molecular complexity index is 885. The highest BCUT2D eigenvalue weighted by atomic mass is 32.1. The predicted octanol–water partition coefficient (Wildman–Crippen LogP) is 4.10. The summed E-state index contributed by atoms with van der Waals surface area (Å²) in [5.74, 6) is 1.30. The molecular formula is C19H19NO5S. The number of carbonyl (C=O) groups excluding carboxylic acids is 1. The maximum Gasteiger partial charge on any atom is 0.306 e. The Morgan fingerprint density at radius 2 is 2.19 bits per heavy atom. The summed E-state index contributed by atoms with van der Waals surface area (Å²) in [6, 6.07) is 8.91. The number of methoxy groups -OCH3 is 1. The highest BCUT2D eigenvalue weighted by Gasteiger charge is 2.14. The van der Waals surface area contributed by atoms with Crippen molar-refractivity contribution in [2.45, 2.75) is 26.4 Å². The van der Waals surface area contributed by atoms with Crippen LogP contribution in [0.1, 0.15) is 23.4 Å². The van der Waals surface area contributed by atoms with E-state index in [1.54, 1.807) is 25.1 Å². The summed E-state index contributed by atoms with van der Waals surface area (Å²) in [5, 5.41) is 11.7. The molecule has 1 aromatic carbocycles. The quantitative estimate of drug-likeness (QED) is 0.628. The highest BCUT2D eigenvalue weighted by Crippen LogP contribution is 2.27. The second kappa shape index (κ2) is 8.05. The third-order valence-corrected chi connectivity index (χ3v) is 4.71. The molecule has 0 saturated heterocycles. The Morgan fingerprint density at radius 3 is 2.88 bits per heavy atom. The molecule has 0 unspecified atom stereocenters. The van der Waals surface area contributed by atoms with Gasteiger partial charge < -0.3 is 19.0 Å². The summed E-state index contributed by atoms with van der Waals surface area (Å²) >= 11 is 1.54. The molecular weight excluding hydrogens is 354 g/mol. The van der Waals surface area contributed by atoms with Crippen LogP contribution in [0.25, 0.3) is 10.8 Å². The number of oxazole rings is 1. The summed E-state index contributed by atoms with van der Waals surface area (Å²) in [6.07, 6.45) is 0.676. The molecule has 0 atom stereocenters. The maximum absolute atomic E-state index is 12.0. The first kappa shape index (κ1) is 18.0. The lowest BCUT2D eigenvalue weighted by Crippen LogP contribution is -2.06. The molecule has 136 valence electrons. The average molecular weight is 373 g/mol. The minimum atomic E-state index is -0.333. The minimum absolute atomic E-state index is 0.0534. The van der Waals surface area contributed by atoms with Gasteiger partial charge in [-0.1, -0.05) is 12.1 Å². The van der Waals surface area contributed by atoms with Gasteiger partial charge in [0, 0.05) is 6.42 Å². The van der Waals surface area contributed by atoms with Crippen LogP contribution in [0.2, 0.25) is 0 Å². The molecule has 0 aliphatic carbocycles. The van der Waals surface area contributed by atoms with E-state index >= 15 is 0 Å². The van der Waals surface area contributed by atoms with E-state index < -0.39 is 0 Å². The lowest BCUT2D eigenvalue weighted by molar-refractivity contribution is -0.145. The van der Waals surface area contributed by atoms with Crippen LogP contribution in [0, 0.1) is 6.92 Å². The lowest BCUT2D eigenvalue weighted by atomic mass is 10.1. The van der Waals surface area contributed by atoms with Crippen molar-refractivity contribution in [3.63, 3.8) is 0 Å². The van der Waals surface area contributed by atoms with Gasteiger partial charge in [0.2, 0.25) is 5.89 Å². The molecule has 0 aliphatic heterocycles. The van der Waals surface area contributed by atoms with Crippen molar-refractivity contribution in [1.82, 2.24) is 4.98 Å². The maximum atomic E-state index is 12.0. The molecule has 0 aliphatic rings. The molecule has 0 fully saturated rings. The summed E-state index contributed by atoms with van der Waals surface area (Å²) < 4.78 is 15.9. The molecule has 3 rings (SSSR count). The standard InChI is InChI=1S/C19H19NO5S/c1-12-14(20-19(25-12)17-4-3-9-26-17)11-24-18(22)8-6-13-5-7-16(23-2)15(21)10-13/h3-5,7,9-10,21H,6,8,11H2,1-2H3. The van der Waals surface area contributed by atoms with E-state index in [0.29, 0.717) is 29.5 Å². The van der Waals surface area contributed by atoms with Gasteiger partial charge in [0.25, 0.3) is 0 Å². The van der Waals surface area contributed by atoms with E-state index in [-0.39, 0.29) is 24.7 Å². The number of benzene rings is 1. The van der Waals surface area contributed by atoms with E-state index in [4.69, 9.17) is 13.9 Å². The number of esters is 1. The van der Waals surface area contributed by atoms with Crippen LogP contribution in [0.4, 0.5) is 0 Å². The Hall–Kier alpha value is -2.80. The zero-order valence-corrected chi connectivity index (χ0v) is 15.3. The van der Waals surface area contributed by atoms with E-state index in [1.165, 1.54) is 18.4 Å². The lowest BCUT2D eigenvalue weighted by Gasteiger charge is -2.06. The van der Waals surface area contributed by atoms with Gasteiger partial charge >= 0.3 is 5.97 Å². The molecule has 0 bridgehead atoms. The van der Waals surface area contributed by atoms with Crippen LogP contribution in [0.3, 0.4) is 0 Å². The van der Waals surface area contributed by atoms with Crippen LogP contribution in [0.15, 0.2) is 40.1 Å². The van der Waals surface area contributed by atoms with Gasteiger partial charge in [-0.2, -0.15) is 0 Å². The number of rotatable bonds is 7. The van der Waals surface area contributed by atoms with Crippen molar-refractivity contribution in [2.75, 3.05) is 7.11 Å². The number of aromatic hydroxyl groups is 1. The van der Waals surface area contributed by atoms with Crippen molar-refractivity contribution in [3.8, 4) is 22.3 Å². The minimum Gasteiger partial charge on any atom is -0.504 e. The number of aromatic nitrogens is 1. The number of phenols is 1. The fourth-order valence-corrected chi connectivity index (χ4v) is 3.08. The van der Waals surface area contributed by atoms with Crippen molar-refractivity contribution >= 4 is 17.3 Å². The van der Waals surface area contributed by atoms with Crippen LogP contribution in [-0.4, -0.2) is 23.2 Å². The first-order chi connectivity index (χ1) is 12.6. The monoisotopic (exact) mass is 373 g/mol. The number of aryl methyl sites for hydroxylation is 2. The number of hydrogen-bond acceptors (Lipinski definition) is 7. The van der Waals surface area contributed by atoms with Gasteiger partial charge in [-0.15, -0.1) is 11.3 Å². The molecule has 0 radical (unpaired) electrons. The first-order valence-corrected chi connectivity index (χ1v) is 8.96. The molecule has 2 heterocycles. The third kappa shape index (κ3) is 4.23. The topological polar surface area (TPSA) is 81.8 Å². The Morgan fingerprint density at radius 1 is 1.35 bits per heavy atom. The fourth-order valence-electron chi connectivity index (χ4n) is 2.43. The predicted molar refractivity (Wildman–Crippen MR) is 97.3 cm³/mol. The molecule has 0 amide bonds. The summed E-state index contributed by atoms with van der Waals surface area (Å²) in [7, 11) is 1.49. The van der Waals surface area contributed by atoms with E-state index in [1.807, 2.05) is 17.5 Å². The van der Waals surface area contributed by atoms with Gasteiger partial charge in [0.1, 0.15) is 18.1 Å². The van der Waals surface area contributed by atoms with E-state index in [2.05, 4.69) is 4.98 Å². The fraction of sp³-hybridized carbons (Fsp3) is 0.263. The SMILES string of the molecule is COc1ccc(CCC(=O)OCc2nc(-c3cccs3)oc2C)cc1O. The van der Waals surface area contributed by atoms with Crippen LogP contribution in [0.5, 0.6) is 11.5 Å². The van der Waals surface area contributed by atoms with Crippen molar-refractivity contribution in [3.05, 3.63) is 52.7 Å². The second-order valence-electron chi connectivity index (χ2n) is 5.67. The van der Waals surface area contributed by atoms with E-state index in [0.717, 1.165) is 10.4 Å². The highest BCUT2D eigenvalue weighted by molar-refractivity contribution is 7.13. The van der Waals surface area contributed by atoms with Gasteiger partial charge in [-0.3, -0.25) is 4.79 Å². The van der Waals surface area contributed by atoms with Crippen LogP contribution < -0.4 is 4.74 Å². The number of carbonyl (C=O) groups is 1. The Kier molecular flexibility index (Phi) is 5.58. The molecule has 7 heteroatoms. The summed E-state index contributed by atoms with van der Waals surface area (Å²) in [4.78, 5) is 17.3. The summed E-state index contributed by atoms with van der Waals surface area (Å²) in [6.45, 7) is 1.88. The molecule has 26 heavy (non-hydrogen) atoms. The second-order valence-corrected chi connectivity index (χ2v) is 6.61. The number of hydrogen-bond donors (Lipinski definition) is 1. The van der Waals surface area contributed by atoms with Gasteiger partial charge in [-0.25, -0.2) is 4.98 Å². The van der Waals surface area contributed by atoms with Gasteiger partial charge in [-0.05, 0) is 42.5 Å². The molecule has 3 aromatic rings. The Balaban J connectivity index is 1.52. The number of thiophene rings is 1. The molecule has 2 aromatic heterocycles. The zero-order chi connectivity index (χ0) is 18.5. The Labute approximate surface area is 155 Å². The molecule has 0 spiro atoms. The molecule has 1 N–H and O–H groups in total. The smallest absolute Gasteiger partial charge is 0.306 e. The average Bonchev–Trinajstić information content (AvgIpc) is 3.28. The zero-order valence-electron chi connectivity index (χ0n) is 14.5. The van der Waals surface area contributed by atoms with E-state index in [9.17, 15) is 9.90 Å². The van der Waals surface area contributed by atoms with Crippen LogP contribution >= 0.6 is 11.3 Å². The normalized spacial score (nSPS) is 10.7. The van der Waals surface area contributed by atoms with Gasteiger partial charge in [0.15, 0.2) is 11.5 Å². The number of nitrogens with zero attached hydrogens (tertiary/aromatic N) is 1. The van der Waals surface area contributed by atoms with Gasteiger partial charge in [0.05, 0.1) is 12.0 Å².